The highest BCUT2D eigenvalue weighted by Crippen LogP contribution is 2.41. The van der Waals surface area contributed by atoms with Crippen molar-refractivity contribution in [3.8, 4) is 0 Å². The SMILES string of the molecule is CC1CCN(CC2CCCN(C(=O)c3cc(C4CC4)nc4onc(CC(C)(C)C)c34)C2)CC1. The highest BCUT2D eigenvalue weighted by Gasteiger charge is 2.33. The number of pyridine rings is 1. The minimum absolute atomic E-state index is 0.0570. The van der Waals surface area contributed by atoms with Gasteiger partial charge in [0.1, 0.15) is 0 Å². The molecule has 2 aromatic rings. The van der Waals surface area contributed by atoms with Gasteiger partial charge in [0.05, 0.1) is 16.6 Å². The number of hydrogen-bond donors (Lipinski definition) is 0. The summed E-state index contributed by atoms with van der Waals surface area (Å²) < 4.78 is 5.68. The van der Waals surface area contributed by atoms with Crippen molar-refractivity contribution >= 4 is 17.0 Å². The van der Waals surface area contributed by atoms with Crippen LogP contribution in [0.5, 0.6) is 0 Å². The lowest BCUT2D eigenvalue weighted by molar-refractivity contribution is 0.0624. The Bertz CT molecular complexity index is 995. The van der Waals surface area contributed by atoms with Crippen LogP contribution in [-0.2, 0) is 6.42 Å². The number of rotatable bonds is 5. The van der Waals surface area contributed by atoms with Gasteiger partial charge in [-0.25, -0.2) is 4.98 Å². The third-order valence-electron chi connectivity index (χ3n) is 7.66. The molecule has 0 aromatic carbocycles. The first-order chi connectivity index (χ1) is 15.8. The van der Waals surface area contributed by atoms with Gasteiger partial charge >= 0.3 is 0 Å². The molecule has 0 N–H and O–H groups in total. The summed E-state index contributed by atoms with van der Waals surface area (Å²) in [7, 11) is 0. The number of fused-ring (bicyclic) bond motifs is 1. The lowest BCUT2D eigenvalue weighted by Gasteiger charge is -2.38. The first-order valence-corrected chi connectivity index (χ1v) is 13.1. The Kier molecular flexibility index (Phi) is 6.23. The third-order valence-corrected chi connectivity index (χ3v) is 7.66. The summed E-state index contributed by atoms with van der Waals surface area (Å²) in [5.74, 6) is 2.02. The summed E-state index contributed by atoms with van der Waals surface area (Å²) in [4.78, 5) is 23.4. The minimum atomic E-state index is 0.0570. The fraction of sp³-hybridized carbons (Fsp3) is 0.741. The molecule has 2 saturated heterocycles. The van der Waals surface area contributed by atoms with Crippen LogP contribution >= 0.6 is 0 Å². The van der Waals surface area contributed by atoms with Crippen LogP contribution in [0.1, 0.15) is 93.9 Å². The number of carbonyl (C=O) groups excluding carboxylic acids is 1. The van der Waals surface area contributed by atoms with Crippen LogP contribution in [0.15, 0.2) is 10.6 Å². The summed E-state index contributed by atoms with van der Waals surface area (Å²) in [5, 5.41) is 5.21. The summed E-state index contributed by atoms with van der Waals surface area (Å²) in [6, 6.07) is 2.06. The predicted octanol–water partition coefficient (Wildman–Crippen LogP) is 5.27. The normalized spacial score (nSPS) is 23.4. The van der Waals surface area contributed by atoms with Gasteiger partial charge in [0.15, 0.2) is 0 Å². The molecule has 0 radical (unpaired) electrons. The molecule has 3 fully saturated rings. The molecular formula is C27H40N4O2. The topological polar surface area (TPSA) is 62.5 Å². The monoisotopic (exact) mass is 452 g/mol. The van der Waals surface area contributed by atoms with E-state index in [0.717, 1.165) is 73.6 Å². The maximum absolute atomic E-state index is 13.9. The van der Waals surface area contributed by atoms with Gasteiger partial charge in [0.2, 0.25) is 0 Å². The van der Waals surface area contributed by atoms with Gasteiger partial charge in [-0.05, 0) is 81.4 Å². The van der Waals surface area contributed by atoms with E-state index >= 15 is 0 Å². The Morgan fingerprint density at radius 2 is 1.88 bits per heavy atom. The molecule has 1 unspecified atom stereocenters. The van der Waals surface area contributed by atoms with Gasteiger partial charge in [-0.2, -0.15) is 0 Å². The van der Waals surface area contributed by atoms with E-state index in [1.807, 2.05) is 0 Å². The number of nitrogens with zero attached hydrogens (tertiary/aromatic N) is 4. The quantitative estimate of drug-likeness (QED) is 0.618. The second-order valence-electron chi connectivity index (χ2n) is 12.2. The Morgan fingerprint density at radius 3 is 2.58 bits per heavy atom. The Balaban J connectivity index is 1.39. The van der Waals surface area contributed by atoms with Crippen molar-refractivity contribution < 1.29 is 9.32 Å². The van der Waals surface area contributed by atoms with Crippen LogP contribution in [0.25, 0.3) is 11.1 Å². The smallest absolute Gasteiger partial charge is 0.259 e. The van der Waals surface area contributed by atoms with E-state index < -0.39 is 0 Å². The van der Waals surface area contributed by atoms with Crippen LogP contribution < -0.4 is 0 Å². The Hall–Kier alpha value is -1.95. The second-order valence-corrected chi connectivity index (χ2v) is 12.2. The second kappa shape index (κ2) is 9.01. The maximum atomic E-state index is 13.9. The first kappa shape index (κ1) is 22.8. The summed E-state index contributed by atoms with van der Waals surface area (Å²) >= 11 is 0. The molecule has 0 spiro atoms. The van der Waals surface area contributed by atoms with Gasteiger partial charge in [0, 0.05) is 31.2 Å². The van der Waals surface area contributed by atoms with Gasteiger partial charge in [-0.1, -0.05) is 32.9 Å². The molecule has 1 aliphatic carbocycles. The van der Waals surface area contributed by atoms with Gasteiger partial charge in [0.25, 0.3) is 11.6 Å². The molecule has 2 aliphatic heterocycles. The van der Waals surface area contributed by atoms with E-state index in [-0.39, 0.29) is 11.3 Å². The molecule has 2 aromatic heterocycles. The zero-order valence-corrected chi connectivity index (χ0v) is 20.9. The van der Waals surface area contributed by atoms with Crippen LogP contribution in [0.2, 0.25) is 0 Å². The van der Waals surface area contributed by atoms with E-state index in [9.17, 15) is 4.79 Å². The predicted molar refractivity (Wildman–Crippen MR) is 130 cm³/mol. The molecule has 6 heteroatoms. The van der Waals surface area contributed by atoms with Crippen LogP contribution in [0, 0.1) is 17.3 Å². The van der Waals surface area contributed by atoms with Crippen molar-refractivity contribution in [2.75, 3.05) is 32.7 Å². The molecule has 3 aliphatic rings. The fourth-order valence-electron chi connectivity index (χ4n) is 5.59. The van der Waals surface area contributed by atoms with Crippen molar-refractivity contribution in [3.63, 3.8) is 0 Å². The van der Waals surface area contributed by atoms with Crippen molar-refractivity contribution in [3.05, 3.63) is 23.0 Å². The molecule has 4 heterocycles. The third kappa shape index (κ3) is 5.26. The van der Waals surface area contributed by atoms with E-state index in [1.54, 1.807) is 0 Å². The number of amides is 1. The molecule has 1 amide bonds. The van der Waals surface area contributed by atoms with Gasteiger partial charge in [-0.3, -0.25) is 4.79 Å². The standard InChI is InChI=1S/C27H40N4O2/c1-18-9-12-30(13-10-18)16-19-6-5-11-31(17-19)26(32)21-14-22(20-7-8-20)28-25-24(21)23(29-33-25)15-27(2,3)4/h14,18-20H,5-13,15-17H2,1-4H3. The van der Waals surface area contributed by atoms with E-state index in [4.69, 9.17) is 9.51 Å². The Morgan fingerprint density at radius 1 is 1.12 bits per heavy atom. The van der Waals surface area contributed by atoms with Crippen LogP contribution in [0.3, 0.4) is 0 Å². The van der Waals surface area contributed by atoms with Crippen LogP contribution in [-0.4, -0.2) is 58.6 Å². The highest BCUT2D eigenvalue weighted by atomic mass is 16.5. The largest absolute Gasteiger partial charge is 0.338 e. The van der Waals surface area contributed by atoms with Crippen molar-refractivity contribution in [1.29, 1.82) is 0 Å². The number of carbonyl (C=O) groups is 1. The average molecular weight is 453 g/mol. The molecule has 0 bridgehead atoms. The first-order valence-electron chi connectivity index (χ1n) is 13.1. The molecule has 1 saturated carbocycles. The van der Waals surface area contributed by atoms with Crippen molar-refractivity contribution in [2.45, 2.75) is 78.6 Å². The van der Waals surface area contributed by atoms with Crippen molar-refractivity contribution in [2.24, 2.45) is 17.3 Å². The number of piperidine rings is 2. The van der Waals surface area contributed by atoms with Gasteiger partial charge < -0.3 is 14.3 Å². The molecular weight excluding hydrogens is 412 g/mol. The summed E-state index contributed by atoms with van der Waals surface area (Å²) in [6.07, 6.45) is 7.97. The highest BCUT2D eigenvalue weighted by molar-refractivity contribution is 6.06. The van der Waals surface area contributed by atoms with E-state index in [0.29, 0.717) is 17.5 Å². The zero-order chi connectivity index (χ0) is 23.2. The summed E-state index contributed by atoms with van der Waals surface area (Å²) in [5.41, 5.74) is 3.22. The zero-order valence-electron chi connectivity index (χ0n) is 20.9. The molecule has 180 valence electrons. The fourth-order valence-corrected chi connectivity index (χ4v) is 5.59. The molecule has 5 rings (SSSR count). The van der Waals surface area contributed by atoms with Crippen molar-refractivity contribution in [1.82, 2.24) is 19.9 Å². The number of aromatic nitrogens is 2. The molecule has 33 heavy (non-hydrogen) atoms. The number of hydrogen-bond acceptors (Lipinski definition) is 5. The van der Waals surface area contributed by atoms with Crippen LogP contribution in [0.4, 0.5) is 0 Å². The Labute approximate surface area is 198 Å². The lowest BCUT2D eigenvalue weighted by Crippen LogP contribution is -2.45. The number of likely N-dealkylation sites (tertiary alicyclic amines) is 2. The minimum Gasteiger partial charge on any atom is -0.338 e. The van der Waals surface area contributed by atoms with E-state index in [1.165, 1.54) is 32.4 Å². The lowest BCUT2D eigenvalue weighted by atomic mass is 9.89. The summed E-state index contributed by atoms with van der Waals surface area (Å²) in [6.45, 7) is 14.2. The van der Waals surface area contributed by atoms with E-state index in [2.05, 4.69) is 48.7 Å². The average Bonchev–Trinajstić information content (AvgIpc) is 3.56. The molecule has 1 atom stereocenters. The maximum Gasteiger partial charge on any atom is 0.259 e. The van der Waals surface area contributed by atoms with Gasteiger partial charge in [-0.15, -0.1) is 0 Å². The molecule has 6 nitrogen and oxygen atoms in total.